The zero-order valence-corrected chi connectivity index (χ0v) is 17.8. The maximum absolute atomic E-state index is 13.5. The summed E-state index contributed by atoms with van der Waals surface area (Å²) in [5, 5.41) is 6.18. The largest absolute Gasteiger partial charge is 0.366 e. The lowest BCUT2D eigenvalue weighted by Crippen LogP contribution is -2.41. The summed E-state index contributed by atoms with van der Waals surface area (Å²) >= 11 is 0. The molecule has 162 valence electrons. The highest BCUT2D eigenvalue weighted by Crippen LogP contribution is 2.30. The van der Waals surface area contributed by atoms with Gasteiger partial charge in [0, 0.05) is 28.4 Å². The van der Waals surface area contributed by atoms with Crippen LogP contribution >= 0.6 is 0 Å². The summed E-state index contributed by atoms with van der Waals surface area (Å²) < 4.78 is 1.94. The lowest BCUT2D eigenvalue weighted by Gasteiger charge is -2.27. The molecule has 2 amide bonds. The Labute approximate surface area is 186 Å². The molecule has 1 heterocycles. The standard InChI is InChI=1S/C26H26N4O2/c27-19-10-12-20(13-11-19)29-26(32)24-14-17-8-9-18(25(28)31)15-23(17)30(24)22-7-3-5-16-4-1-2-6-21(16)22/h1-9,14-15,19-20H,10-13,27H2,(H2,28,31)(H,29,32)/t19-,20-. The fraction of sp³-hybridized carbons (Fsp3) is 0.231. The number of primary amides is 1. The van der Waals surface area contributed by atoms with Crippen LogP contribution in [0.3, 0.4) is 0 Å². The molecule has 6 heteroatoms. The van der Waals surface area contributed by atoms with Crippen molar-refractivity contribution in [2.45, 2.75) is 37.8 Å². The molecule has 0 saturated heterocycles. The van der Waals surface area contributed by atoms with Crippen molar-refractivity contribution >= 4 is 33.5 Å². The molecule has 6 nitrogen and oxygen atoms in total. The number of rotatable bonds is 4. The van der Waals surface area contributed by atoms with E-state index in [2.05, 4.69) is 5.32 Å². The molecule has 0 unspecified atom stereocenters. The van der Waals surface area contributed by atoms with Gasteiger partial charge in [-0.1, -0.05) is 42.5 Å². The Bertz CT molecular complexity index is 1330. The van der Waals surface area contributed by atoms with E-state index in [1.165, 1.54) is 0 Å². The third-order valence-electron chi connectivity index (χ3n) is 6.44. The van der Waals surface area contributed by atoms with Crippen molar-refractivity contribution in [1.29, 1.82) is 0 Å². The number of nitrogens with zero attached hydrogens (tertiary/aromatic N) is 1. The van der Waals surface area contributed by atoms with Gasteiger partial charge >= 0.3 is 0 Å². The number of benzene rings is 3. The van der Waals surface area contributed by atoms with Crippen LogP contribution in [-0.4, -0.2) is 28.5 Å². The first-order valence-electron chi connectivity index (χ1n) is 11.0. The number of nitrogens with one attached hydrogen (secondary N) is 1. The predicted octanol–water partition coefficient (Wildman–Crippen LogP) is 3.88. The molecular weight excluding hydrogens is 400 g/mol. The van der Waals surface area contributed by atoms with E-state index in [4.69, 9.17) is 11.5 Å². The molecule has 0 bridgehead atoms. The summed E-state index contributed by atoms with van der Waals surface area (Å²) in [5.41, 5.74) is 14.2. The Morgan fingerprint density at radius 1 is 0.875 bits per heavy atom. The first-order valence-corrected chi connectivity index (χ1v) is 11.0. The number of carbonyl (C=O) groups is 2. The maximum atomic E-state index is 13.5. The van der Waals surface area contributed by atoms with Gasteiger partial charge in [-0.15, -0.1) is 0 Å². The molecule has 0 atom stereocenters. The molecule has 1 fully saturated rings. The third kappa shape index (κ3) is 3.63. The van der Waals surface area contributed by atoms with Crippen molar-refractivity contribution in [3.05, 3.63) is 78.0 Å². The number of hydrogen-bond acceptors (Lipinski definition) is 3. The highest BCUT2D eigenvalue weighted by Gasteiger charge is 2.24. The number of carbonyl (C=O) groups excluding carboxylic acids is 2. The van der Waals surface area contributed by atoms with E-state index in [0.717, 1.165) is 53.0 Å². The van der Waals surface area contributed by atoms with Crippen molar-refractivity contribution in [3.63, 3.8) is 0 Å². The van der Waals surface area contributed by atoms with Crippen molar-refractivity contribution < 1.29 is 9.59 Å². The minimum Gasteiger partial charge on any atom is -0.366 e. The second kappa shape index (κ2) is 8.13. The molecule has 4 aromatic rings. The summed E-state index contributed by atoms with van der Waals surface area (Å²) in [6.45, 7) is 0. The quantitative estimate of drug-likeness (QED) is 0.461. The monoisotopic (exact) mass is 426 g/mol. The van der Waals surface area contributed by atoms with Gasteiger partial charge in [-0.25, -0.2) is 0 Å². The molecule has 5 rings (SSSR count). The molecular formula is C26H26N4O2. The number of hydrogen-bond donors (Lipinski definition) is 3. The Morgan fingerprint density at radius 3 is 2.41 bits per heavy atom. The predicted molar refractivity (Wildman–Crippen MR) is 127 cm³/mol. The number of fused-ring (bicyclic) bond motifs is 2. The normalized spacial score (nSPS) is 18.7. The third-order valence-corrected chi connectivity index (χ3v) is 6.44. The van der Waals surface area contributed by atoms with Gasteiger partial charge in [0.2, 0.25) is 5.91 Å². The van der Waals surface area contributed by atoms with Crippen LogP contribution in [0.25, 0.3) is 27.4 Å². The molecule has 5 N–H and O–H groups in total. The van der Waals surface area contributed by atoms with Crippen LogP contribution in [0.5, 0.6) is 0 Å². The SMILES string of the molecule is NC(=O)c1ccc2cc(C(=O)N[C@H]3CC[C@H](N)CC3)n(-c3cccc4ccccc34)c2c1. The Morgan fingerprint density at radius 2 is 1.62 bits per heavy atom. The fourth-order valence-electron chi connectivity index (χ4n) is 4.71. The van der Waals surface area contributed by atoms with Crippen molar-refractivity contribution in [2.24, 2.45) is 11.5 Å². The molecule has 1 aliphatic carbocycles. The van der Waals surface area contributed by atoms with E-state index in [1.807, 2.05) is 59.2 Å². The fourth-order valence-corrected chi connectivity index (χ4v) is 4.71. The zero-order chi connectivity index (χ0) is 22.2. The lowest BCUT2D eigenvalue weighted by molar-refractivity contribution is 0.0918. The second-order valence-electron chi connectivity index (χ2n) is 8.59. The molecule has 1 aromatic heterocycles. The summed E-state index contributed by atoms with van der Waals surface area (Å²) in [6.07, 6.45) is 3.60. The molecule has 1 saturated carbocycles. The highest BCUT2D eigenvalue weighted by molar-refractivity contribution is 6.04. The van der Waals surface area contributed by atoms with E-state index in [-0.39, 0.29) is 18.0 Å². The van der Waals surface area contributed by atoms with Gasteiger partial charge in [-0.05, 0) is 55.3 Å². The number of nitrogens with two attached hydrogens (primary N) is 2. The average molecular weight is 427 g/mol. The smallest absolute Gasteiger partial charge is 0.268 e. The van der Waals surface area contributed by atoms with Gasteiger partial charge in [0.1, 0.15) is 5.69 Å². The van der Waals surface area contributed by atoms with Crippen LogP contribution < -0.4 is 16.8 Å². The number of amides is 2. The van der Waals surface area contributed by atoms with E-state index >= 15 is 0 Å². The van der Waals surface area contributed by atoms with Gasteiger partial charge < -0.3 is 21.4 Å². The summed E-state index contributed by atoms with van der Waals surface area (Å²) in [6, 6.07) is 21.6. The lowest BCUT2D eigenvalue weighted by atomic mass is 9.92. The molecule has 0 aliphatic heterocycles. The van der Waals surface area contributed by atoms with E-state index in [0.29, 0.717) is 11.3 Å². The van der Waals surface area contributed by atoms with Gasteiger partial charge in [0.05, 0.1) is 11.2 Å². The van der Waals surface area contributed by atoms with E-state index < -0.39 is 5.91 Å². The average Bonchev–Trinajstić information content (AvgIpc) is 3.19. The minimum atomic E-state index is -0.498. The summed E-state index contributed by atoms with van der Waals surface area (Å²) in [7, 11) is 0. The second-order valence-corrected chi connectivity index (χ2v) is 8.59. The van der Waals surface area contributed by atoms with E-state index in [9.17, 15) is 9.59 Å². The maximum Gasteiger partial charge on any atom is 0.268 e. The first-order chi connectivity index (χ1) is 15.5. The van der Waals surface area contributed by atoms with Crippen molar-refractivity contribution in [2.75, 3.05) is 0 Å². The Hall–Kier alpha value is -3.64. The minimum absolute atomic E-state index is 0.113. The van der Waals surface area contributed by atoms with Crippen LogP contribution in [-0.2, 0) is 0 Å². The van der Waals surface area contributed by atoms with Gasteiger partial charge in [-0.2, -0.15) is 0 Å². The number of aromatic nitrogens is 1. The van der Waals surface area contributed by atoms with E-state index in [1.54, 1.807) is 12.1 Å². The molecule has 0 spiro atoms. The van der Waals surface area contributed by atoms with Gasteiger partial charge in [0.25, 0.3) is 5.91 Å². The molecule has 1 aliphatic rings. The Kier molecular flexibility index (Phi) is 5.15. The molecule has 0 radical (unpaired) electrons. The molecule has 32 heavy (non-hydrogen) atoms. The van der Waals surface area contributed by atoms with Crippen molar-refractivity contribution in [1.82, 2.24) is 9.88 Å². The van der Waals surface area contributed by atoms with Crippen LogP contribution in [0.4, 0.5) is 0 Å². The topological polar surface area (TPSA) is 103 Å². The van der Waals surface area contributed by atoms with Crippen molar-refractivity contribution in [3.8, 4) is 5.69 Å². The molecule has 3 aromatic carbocycles. The Balaban J connectivity index is 1.67. The van der Waals surface area contributed by atoms with Crippen LogP contribution in [0.2, 0.25) is 0 Å². The van der Waals surface area contributed by atoms with Crippen LogP contribution in [0.15, 0.2) is 66.7 Å². The zero-order valence-electron chi connectivity index (χ0n) is 17.8. The van der Waals surface area contributed by atoms with Gasteiger partial charge in [0.15, 0.2) is 0 Å². The van der Waals surface area contributed by atoms with Crippen LogP contribution in [0.1, 0.15) is 46.5 Å². The highest BCUT2D eigenvalue weighted by atomic mass is 16.2. The first kappa shape index (κ1) is 20.3. The van der Waals surface area contributed by atoms with Crippen LogP contribution in [0, 0.1) is 0 Å². The van der Waals surface area contributed by atoms with Gasteiger partial charge in [-0.3, -0.25) is 9.59 Å². The summed E-state index contributed by atoms with van der Waals surface area (Å²) in [5.74, 6) is -0.627. The summed E-state index contributed by atoms with van der Waals surface area (Å²) in [4.78, 5) is 25.3.